The predicted octanol–water partition coefficient (Wildman–Crippen LogP) is 3.35. The van der Waals surface area contributed by atoms with E-state index >= 15 is 0 Å². The highest BCUT2D eigenvalue weighted by molar-refractivity contribution is 6.30. The Morgan fingerprint density at radius 1 is 1.22 bits per heavy atom. The summed E-state index contributed by atoms with van der Waals surface area (Å²) in [5.74, 6) is -1.66. The molecule has 2 amide bonds. The van der Waals surface area contributed by atoms with Gasteiger partial charge in [-0.3, -0.25) is 14.5 Å². The first-order valence-corrected chi connectivity index (χ1v) is 10.3. The van der Waals surface area contributed by atoms with Crippen molar-refractivity contribution in [2.45, 2.75) is 38.8 Å². The quantitative estimate of drug-likeness (QED) is 0.650. The standard InChI is InChI=1S/C23H26ClFN4O3/c1-21(2)19(31)29(5)20(26)28-23(21,4)16-12-15(10-11-17(16)25)27-18(30)22(3,32)13-6-8-14(24)9-7-13/h6-12,32H,1-5H3,(H2,26,28)(H,27,30)/t22?,23-/m1/s1. The fourth-order valence-electron chi connectivity index (χ4n) is 3.71. The zero-order chi connectivity index (χ0) is 24.1. The molecule has 0 fully saturated rings. The van der Waals surface area contributed by atoms with Crippen LogP contribution in [0.4, 0.5) is 10.1 Å². The van der Waals surface area contributed by atoms with Crippen molar-refractivity contribution in [3.63, 3.8) is 0 Å². The lowest BCUT2D eigenvalue weighted by molar-refractivity contribution is -0.140. The average Bonchev–Trinajstić information content (AvgIpc) is 2.72. The molecule has 170 valence electrons. The number of amides is 2. The van der Waals surface area contributed by atoms with E-state index in [0.29, 0.717) is 10.6 Å². The average molecular weight is 461 g/mol. The smallest absolute Gasteiger partial charge is 0.260 e. The van der Waals surface area contributed by atoms with Gasteiger partial charge in [-0.15, -0.1) is 0 Å². The van der Waals surface area contributed by atoms with Crippen LogP contribution in [0.25, 0.3) is 0 Å². The maximum Gasteiger partial charge on any atom is 0.260 e. The predicted molar refractivity (Wildman–Crippen MR) is 122 cm³/mol. The summed E-state index contributed by atoms with van der Waals surface area (Å²) in [6.07, 6.45) is 0. The van der Waals surface area contributed by atoms with Crippen molar-refractivity contribution in [2.75, 3.05) is 12.4 Å². The second kappa shape index (κ2) is 7.86. The molecule has 0 saturated carbocycles. The zero-order valence-electron chi connectivity index (χ0n) is 18.5. The van der Waals surface area contributed by atoms with E-state index in [1.54, 1.807) is 45.0 Å². The lowest BCUT2D eigenvalue weighted by Crippen LogP contribution is -2.58. The van der Waals surface area contributed by atoms with Gasteiger partial charge in [0, 0.05) is 23.3 Å². The summed E-state index contributed by atoms with van der Waals surface area (Å²) in [7, 11) is 1.51. The molecule has 1 heterocycles. The molecule has 1 aliphatic heterocycles. The second-order valence-corrected chi connectivity index (χ2v) is 9.20. The summed E-state index contributed by atoms with van der Waals surface area (Å²) in [6, 6.07) is 10.2. The summed E-state index contributed by atoms with van der Waals surface area (Å²) >= 11 is 5.88. The largest absolute Gasteiger partial charge is 0.376 e. The van der Waals surface area contributed by atoms with Gasteiger partial charge in [0.2, 0.25) is 5.91 Å². The highest BCUT2D eigenvalue weighted by atomic mass is 35.5. The van der Waals surface area contributed by atoms with E-state index in [-0.39, 0.29) is 23.1 Å². The Labute approximate surface area is 191 Å². The van der Waals surface area contributed by atoms with E-state index in [9.17, 15) is 19.1 Å². The molecular weight excluding hydrogens is 435 g/mol. The van der Waals surface area contributed by atoms with Crippen LogP contribution in [0.1, 0.15) is 38.8 Å². The molecule has 2 aromatic carbocycles. The third-order valence-corrected chi connectivity index (χ3v) is 6.59. The van der Waals surface area contributed by atoms with E-state index in [1.165, 1.54) is 37.1 Å². The van der Waals surface area contributed by atoms with E-state index in [0.717, 1.165) is 0 Å². The van der Waals surface area contributed by atoms with Crippen molar-refractivity contribution in [1.82, 2.24) is 4.90 Å². The Kier molecular flexibility index (Phi) is 5.82. The van der Waals surface area contributed by atoms with Gasteiger partial charge in [-0.1, -0.05) is 23.7 Å². The Morgan fingerprint density at radius 3 is 2.41 bits per heavy atom. The van der Waals surface area contributed by atoms with Gasteiger partial charge in [0.1, 0.15) is 11.4 Å². The molecule has 3 rings (SSSR count). The first kappa shape index (κ1) is 23.7. The number of hydrogen-bond acceptors (Lipinski definition) is 5. The number of benzene rings is 2. The number of carbonyl (C=O) groups excluding carboxylic acids is 2. The van der Waals surface area contributed by atoms with Crippen molar-refractivity contribution in [3.8, 4) is 0 Å². The molecule has 0 radical (unpaired) electrons. The first-order chi connectivity index (χ1) is 14.7. The summed E-state index contributed by atoms with van der Waals surface area (Å²) in [4.78, 5) is 31.4. The lowest BCUT2D eigenvalue weighted by Gasteiger charge is -2.46. The number of nitrogens with zero attached hydrogens (tertiary/aromatic N) is 2. The monoisotopic (exact) mass is 460 g/mol. The van der Waals surface area contributed by atoms with Gasteiger partial charge in [0.25, 0.3) is 5.91 Å². The van der Waals surface area contributed by atoms with Crippen LogP contribution in [0.2, 0.25) is 5.02 Å². The van der Waals surface area contributed by atoms with Crippen LogP contribution in [0.3, 0.4) is 0 Å². The van der Waals surface area contributed by atoms with Gasteiger partial charge in [-0.25, -0.2) is 9.38 Å². The number of carbonyl (C=O) groups is 2. The normalized spacial score (nSPS) is 22.2. The Hall–Kier alpha value is -2.97. The van der Waals surface area contributed by atoms with Crippen molar-refractivity contribution in [2.24, 2.45) is 16.1 Å². The maximum atomic E-state index is 15.0. The number of halogens is 2. The number of aliphatic imine (C=N–C) groups is 1. The molecular formula is C23H26ClFN4O3. The molecule has 2 aromatic rings. The van der Waals surface area contributed by atoms with Gasteiger partial charge < -0.3 is 16.2 Å². The molecule has 0 saturated heterocycles. The van der Waals surface area contributed by atoms with Crippen LogP contribution in [0, 0.1) is 11.2 Å². The minimum Gasteiger partial charge on any atom is -0.376 e. The topological polar surface area (TPSA) is 108 Å². The van der Waals surface area contributed by atoms with E-state index < -0.39 is 28.3 Å². The molecule has 9 heteroatoms. The SMILES string of the molecule is CN1C(=O)C(C)(C)[C@@](C)(c2cc(NC(=O)C(C)(O)c3ccc(Cl)cc3)ccc2F)N=C1N. The molecule has 0 aromatic heterocycles. The number of nitrogens with one attached hydrogen (secondary N) is 1. The number of guanidine groups is 1. The highest BCUT2D eigenvalue weighted by Crippen LogP contribution is 2.47. The molecule has 32 heavy (non-hydrogen) atoms. The third kappa shape index (κ3) is 3.73. The summed E-state index contributed by atoms with van der Waals surface area (Å²) in [5.41, 5.74) is 2.27. The number of rotatable bonds is 4. The minimum absolute atomic E-state index is 0.0312. The van der Waals surface area contributed by atoms with Gasteiger partial charge >= 0.3 is 0 Å². The molecule has 0 aliphatic carbocycles. The van der Waals surface area contributed by atoms with E-state index in [1.807, 2.05) is 0 Å². The fraction of sp³-hybridized carbons (Fsp3) is 0.348. The molecule has 0 spiro atoms. The molecule has 1 unspecified atom stereocenters. The summed E-state index contributed by atoms with van der Waals surface area (Å²) in [5, 5.41) is 13.9. The number of hydrogen-bond donors (Lipinski definition) is 3. The summed E-state index contributed by atoms with van der Waals surface area (Å²) < 4.78 is 15.0. The van der Waals surface area contributed by atoms with E-state index in [4.69, 9.17) is 17.3 Å². The molecule has 7 nitrogen and oxygen atoms in total. The number of nitrogens with two attached hydrogens (primary N) is 1. The lowest BCUT2D eigenvalue weighted by atomic mass is 9.67. The van der Waals surface area contributed by atoms with Crippen molar-refractivity contribution in [1.29, 1.82) is 0 Å². The minimum atomic E-state index is -1.87. The third-order valence-electron chi connectivity index (χ3n) is 6.34. The van der Waals surface area contributed by atoms with Crippen molar-refractivity contribution in [3.05, 3.63) is 64.4 Å². The van der Waals surface area contributed by atoms with Gasteiger partial charge in [-0.05, 0) is 63.6 Å². The Bertz CT molecular complexity index is 1110. The van der Waals surface area contributed by atoms with Gasteiger partial charge in [-0.2, -0.15) is 0 Å². The first-order valence-electron chi connectivity index (χ1n) is 9.95. The zero-order valence-corrected chi connectivity index (χ0v) is 19.3. The molecule has 2 atom stereocenters. The van der Waals surface area contributed by atoms with Gasteiger partial charge in [0.15, 0.2) is 11.6 Å². The molecule has 0 bridgehead atoms. The van der Waals surface area contributed by atoms with Crippen LogP contribution in [-0.2, 0) is 20.7 Å². The summed E-state index contributed by atoms with van der Waals surface area (Å²) in [6.45, 7) is 6.30. The maximum absolute atomic E-state index is 15.0. The van der Waals surface area contributed by atoms with Crippen LogP contribution < -0.4 is 11.1 Å². The van der Waals surface area contributed by atoms with Crippen LogP contribution in [0.15, 0.2) is 47.5 Å². The van der Waals surface area contributed by atoms with Crippen molar-refractivity contribution < 1.29 is 19.1 Å². The fourth-order valence-corrected chi connectivity index (χ4v) is 3.83. The Balaban J connectivity index is 2.00. The molecule has 4 N–H and O–H groups in total. The Morgan fingerprint density at radius 2 is 1.81 bits per heavy atom. The van der Waals surface area contributed by atoms with E-state index in [2.05, 4.69) is 10.3 Å². The highest BCUT2D eigenvalue weighted by Gasteiger charge is 2.53. The molecule has 1 aliphatic rings. The van der Waals surface area contributed by atoms with Crippen LogP contribution in [0.5, 0.6) is 0 Å². The van der Waals surface area contributed by atoms with Crippen molar-refractivity contribution >= 4 is 35.1 Å². The number of aliphatic hydroxyl groups is 1. The van der Waals surface area contributed by atoms with Gasteiger partial charge in [0.05, 0.1) is 5.41 Å². The second-order valence-electron chi connectivity index (χ2n) is 8.76. The van der Waals surface area contributed by atoms with Crippen LogP contribution in [-0.4, -0.2) is 34.8 Å². The number of anilines is 1. The van der Waals surface area contributed by atoms with Crippen LogP contribution >= 0.6 is 11.6 Å².